The van der Waals surface area contributed by atoms with E-state index in [-0.39, 0.29) is 5.56 Å². The summed E-state index contributed by atoms with van der Waals surface area (Å²) in [5.74, 6) is 1.51. The van der Waals surface area contributed by atoms with Crippen LogP contribution >= 0.6 is 0 Å². The second-order valence-corrected chi connectivity index (χ2v) is 9.62. The summed E-state index contributed by atoms with van der Waals surface area (Å²) in [7, 11) is 0. The molecule has 0 spiro atoms. The fraction of sp³-hybridized carbons (Fsp3) is 0.520. The number of anilines is 1. The average molecular weight is 420 g/mol. The third-order valence-corrected chi connectivity index (χ3v) is 7.00. The van der Waals surface area contributed by atoms with Crippen LogP contribution in [0.25, 0.3) is 10.9 Å². The van der Waals surface area contributed by atoms with Crippen LogP contribution < -0.4 is 10.5 Å². The third-order valence-electron chi connectivity index (χ3n) is 7.00. The zero-order valence-electron chi connectivity index (χ0n) is 18.9. The van der Waals surface area contributed by atoms with Gasteiger partial charge in [-0.1, -0.05) is 25.1 Å². The Morgan fingerprint density at radius 3 is 2.71 bits per heavy atom. The first-order valence-electron chi connectivity index (χ1n) is 11.7. The number of para-hydroxylation sites is 1. The predicted octanol–water partition coefficient (Wildman–Crippen LogP) is 4.10. The highest BCUT2D eigenvalue weighted by Gasteiger charge is 2.25. The first-order chi connectivity index (χ1) is 15.0. The van der Waals surface area contributed by atoms with Crippen molar-refractivity contribution in [1.29, 1.82) is 0 Å². The van der Waals surface area contributed by atoms with Gasteiger partial charge in [-0.05, 0) is 50.7 Å². The van der Waals surface area contributed by atoms with Crippen LogP contribution in [0.2, 0.25) is 0 Å². The molecule has 2 aliphatic rings. The minimum absolute atomic E-state index is 0.0506. The summed E-state index contributed by atoms with van der Waals surface area (Å²) in [5, 5.41) is 1.32. The summed E-state index contributed by atoms with van der Waals surface area (Å²) >= 11 is 0. The van der Waals surface area contributed by atoms with Gasteiger partial charge >= 0.3 is 0 Å². The number of aromatic nitrogens is 3. The van der Waals surface area contributed by atoms with Crippen LogP contribution in [0.5, 0.6) is 0 Å². The number of nitrogens with one attached hydrogen (secondary N) is 1. The normalized spacial score (nSPS) is 18.1. The van der Waals surface area contributed by atoms with Crippen molar-refractivity contribution in [3.05, 3.63) is 57.6 Å². The average Bonchev–Trinajstić information content (AvgIpc) is 3.13. The number of aromatic amines is 1. The Hall–Kier alpha value is -2.60. The van der Waals surface area contributed by atoms with Crippen molar-refractivity contribution < 1.29 is 0 Å². The molecule has 1 aromatic carbocycles. The van der Waals surface area contributed by atoms with Crippen molar-refractivity contribution in [2.75, 3.05) is 24.5 Å². The lowest BCUT2D eigenvalue weighted by molar-refractivity contribution is 0.241. The molecular weight excluding hydrogens is 386 g/mol. The number of hydrogen-bond acceptors (Lipinski definition) is 4. The molecule has 1 fully saturated rings. The Morgan fingerprint density at radius 1 is 1.16 bits per heavy atom. The maximum Gasteiger partial charge on any atom is 0.255 e. The summed E-state index contributed by atoms with van der Waals surface area (Å²) < 4.78 is 2.36. The second kappa shape index (κ2) is 8.15. The summed E-state index contributed by atoms with van der Waals surface area (Å²) in [6.45, 7) is 11.2. The van der Waals surface area contributed by atoms with E-state index in [1.165, 1.54) is 16.5 Å². The number of rotatable bonds is 4. The second-order valence-electron chi connectivity index (χ2n) is 9.62. The first-order valence-corrected chi connectivity index (χ1v) is 11.7. The lowest BCUT2D eigenvalue weighted by Crippen LogP contribution is -2.39. The zero-order chi connectivity index (χ0) is 21.5. The lowest BCUT2D eigenvalue weighted by Gasteiger charge is -2.32. The van der Waals surface area contributed by atoms with E-state index < -0.39 is 0 Å². The molecule has 164 valence electrons. The molecule has 0 atom stereocenters. The number of fused-ring (bicyclic) bond motifs is 2. The van der Waals surface area contributed by atoms with Crippen molar-refractivity contribution >= 4 is 16.9 Å². The fourth-order valence-electron chi connectivity index (χ4n) is 5.06. The van der Waals surface area contributed by atoms with Crippen LogP contribution in [0.1, 0.15) is 56.5 Å². The van der Waals surface area contributed by atoms with Gasteiger partial charge in [0.2, 0.25) is 5.95 Å². The standard InChI is InChI=1S/C25H33N5O/c1-17(2)30-15-19(20-6-4-5-7-23(20)30)14-28-11-10-21-22(16-28)26-25(27-24(21)31)29-12-8-18(3)9-13-29/h4-7,15,17-18H,8-14,16H2,1-3H3,(H,26,27,31). The molecule has 0 unspecified atom stereocenters. The maximum atomic E-state index is 12.8. The van der Waals surface area contributed by atoms with E-state index in [1.54, 1.807) is 0 Å². The van der Waals surface area contributed by atoms with Crippen LogP contribution in [-0.4, -0.2) is 39.1 Å². The van der Waals surface area contributed by atoms with Crippen molar-refractivity contribution in [2.24, 2.45) is 5.92 Å². The van der Waals surface area contributed by atoms with Gasteiger partial charge in [-0.3, -0.25) is 14.7 Å². The zero-order valence-corrected chi connectivity index (χ0v) is 18.9. The first kappa shape index (κ1) is 20.3. The van der Waals surface area contributed by atoms with Crippen LogP contribution in [0.15, 0.2) is 35.3 Å². The monoisotopic (exact) mass is 419 g/mol. The summed E-state index contributed by atoms with van der Waals surface area (Å²) in [6, 6.07) is 9.09. The minimum Gasteiger partial charge on any atom is -0.345 e. The van der Waals surface area contributed by atoms with Gasteiger partial charge in [-0.2, -0.15) is 0 Å². The third kappa shape index (κ3) is 3.89. The molecular formula is C25H33N5O. The lowest BCUT2D eigenvalue weighted by atomic mass is 9.99. The molecule has 1 saturated heterocycles. The number of hydrogen-bond donors (Lipinski definition) is 1. The summed E-state index contributed by atoms with van der Waals surface area (Å²) in [6.07, 6.45) is 5.38. The van der Waals surface area contributed by atoms with Crippen LogP contribution in [0, 0.1) is 5.92 Å². The summed E-state index contributed by atoms with van der Waals surface area (Å²) in [4.78, 5) is 25.4. The van der Waals surface area contributed by atoms with Gasteiger partial charge in [0.05, 0.1) is 5.69 Å². The largest absolute Gasteiger partial charge is 0.345 e. The van der Waals surface area contributed by atoms with E-state index in [4.69, 9.17) is 4.98 Å². The van der Waals surface area contributed by atoms with Gasteiger partial charge < -0.3 is 9.47 Å². The van der Waals surface area contributed by atoms with Crippen molar-refractivity contribution in [3.63, 3.8) is 0 Å². The van der Waals surface area contributed by atoms with Crippen LogP contribution in [0.3, 0.4) is 0 Å². The Kier molecular flexibility index (Phi) is 5.34. The molecule has 6 nitrogen and oxygen atoms in total. The molecule has 2 aromatic heterocycles. The van der Waals surface area contributed by atoms with E-state index in [9.17, 15) is 4.79 Å². The molecule has 4 heterocycles. The SMILES string of the molecule is CC1CCN(c2nc3c(c(=O)[nH]2)CCN(Cc2cn(C(C)C)c4ccccc24)C3)CC1. The molecule has 0 aliphatic carbocycles. The van der Waals surface area contributed by atoms with Gasteiger partial charge in [0.15, 0.2) is 0 Å². The quantitative estimate of drug-likeness (QED) is 0.692. The van der Waals surface area contributed by atoms with Crippen molar-refractivity contribution in [2.45, 2.75) is 59.2 Å². The number of benzene rings is 1. The van der Waals surface area contributed by atoms with E-state index in [1.807, 2.05) is 0 Å². The van der Waals surface area contributed by atoms with Gasteiger partial charge in [-0.15, -0.1) is 0 Å². The highest BCUT2D eigenvalue weighted by molar-refractivity contribution is 5.84. The maximum absolute atomic E-state index is 12.8. The van der Waals surface area contributed by atoms with Crippen molar-refractivity contribution in [1.82, 2.24) is 19.4 Å². The van der Waals surface area contributed by atoms with Gasteiger partial charge in [0.25, 0.3) is 5.56 Å². The number of nitrogens with zero attached hydrogens (tertiary/aromatic N) is 4. The van der Waals surface area contributed by atoms with E-state index in [0.29, 0.717) is 6.04 Å². The molecule has 0 bridgehead atoms. The van der Waals surface area contributed by atoms with Gasteiger partial charge in [0, 0.05) is 61.4 Å². The van der Waals surface area contributed by atoms with Crippen LogP contribution in [0.4, 0.5) is 5.95 Å². The molecule has 0 amide bonds. The van der Waals surface area contributed by atoms with Crippen LogP contribution in [-0.2, 0) is 19.5 Å². The Labute approximate surface area is 183 Å². The minimum atomic E-state index is 0.0506. The fourth-order valence-corrected chi connectivity index (χ4v) is 5.06. The van der Waals surface area contributed by atoms with E-state index in [0.717, 1.165) is 75.1 Å². The molecule has 5 rings (SSSR count). The van der Waals surface area contributed by atoms with E-state index in [2.05, 4.69) is 70.6 Å². The molecule has 2 aliphatic heterocycles. The molecule has 3 aromatic rings. The predicted molar refractivity (Wildman–Crippen MR) is 126 cm³/mol. The number of piperidine rings is 1. The molecule has 31 heavy (non-hydrogen) atoms. The molecule has 1 N–H and O–H groups in total. The van der Waals surface area contributed by atoms with Crippen molar-refractivity contribution in [3.8, 4) is 0 Å². The Bertz CT molecular complexity index is 1140. The van der Waals surface area contributed by atoms with Gasteiger partial charge in [-0.25, -0.2) is 4.98 Å². The molecule has 0 saturated carbocycles. The molecule has 0 radical (unpaired) electrons. The Morgan fingerprint density at radius 2 is 1.94 bits per heavy atom. The topological polar surface area (TPSA) is 57.2 Å². The Balaban J connectivity index is 1.40. The highest BCUT2D eigenvalue weighted by Crippen LogP contribution is 2.27. The highest BCUT2D eigenvalue weighted by atomic mass is 16.1. The summed E-state index contributed by atoms with van der Waals surface area (Å²) in [5.41, 5.74) is 4.52. The van der Waals surface area contributed by atoms with Gasteiger partial charge in [0.1, 0.15) is 0 Å². The number of H-pyrrole nitrogens is 1. The smallest absolute Gasteiger partial charge is 0.255 e. The molecule has 6 heteroatoms. The van der Waals surface area contributed by atoms with E-state index >= 15 is 0 Å².